The van der Waals surface area contributed by atoms with Gasteiger partial charge in [-0.05, 0) is 25.1 Å². The second-order valence-electron chi connectivity index (χ2n) is 5.07. The number of benzene rings is 2. The molecule has 0 atom stereocenters. The predicted octanol–water partition coefficient (Wildman–Crippen LogP) is 3.18. The summed E-state index contributed by atoms with van der Waals surface area (Å²) in [5.41, 5.74) is 3.22. The van der Waals surface area contributed by atoms with Crippen LogP contribution in [-0.2, 0) is 0 Å². The Morgan fingerprint density at radius 2 is 1.71 bits per heavy atom. The van der Waals surface area contributed by atoms with Crippen LogP contribution in [0.25, 0.3) is 27.5 Å². The van der Waals surface area contributed by atoms with Gasteiger partial charge >= 0.3 is 0 Å². The number of nitrogens with one attached hydrogen (secondary N) is 1. The molecule has 2 aromatic heterocycles. The van der Waals surface area contributed by atoms with Gasteiger partial charge in [0.05, 0.1) is 10.9 Å². The van der Waals surface area contributed by atoms with Crippen LogP contribution < -0.4 is 5.56 Å². The summed E-state index contributed by atoms with van der Waals surface area (Å²) in [6.07, 6.45) is 0. The first-order valence-electron chi connectivity index (χ1n) is 6.81. The fourth-order valence-electron chi connectivity index (χ4n) is 2.81. The monoisotopic (exact) mass is 275 g/mol. The highest BCUT2D eigenvalue weighted by Crippen LogP contribution is 2.24. The Kier molecular flexibility index (Phi) is 2.44. The van der Waals surface area contributed by atoms with E-state index in [1.54, 1.807) is 4.57 Å². The van der Waals surface area contributed by atoms with Crippen molar-refractivity contribution in [2.75, 3.05) is 0 Å². The van der Waals surface area contributed by atoms with Gasteiger partial charge in [0.15, 0.2) is 0 Å². The number of pyridine rings is 1. The molecule has 2 aromatic carbocycles. The third-order valence-corrected chi connectivity index (χ3v) is 3.78. The summed E-state index contributed by atoms with van der Waals surface area (Å²) in [7, 11) is 0. The lowest BCUT2D eigenvalue weighted by molar-refractivity contribution is 1.06. The Hall–Kier alpha value is -2.88. The standard InChI is InChI=1S/C17H13N3O/c1-11-15-16(19-18-11)13-9-5-6-10-14(13)20(17(15)21)12-7-3-2-4-8-12/h2-10H,1H3,(H,18,19). The van der Waals surface area contributed by atoms with E-state index in [4.69, 9.17) is 0 Å². The van der Waals surface area contributed by atoms with E-state index in [1.165, 1.54) is 0 Å². The lowest BCUT2D eigenvalue weighted by atomic mass is 10.1. The molecular formula is C17H13N3O. The first-order valence-corrected chi connectivity index (χ1v) is 6.81. The zero-order valence-corrected chi connectivity index (χ0v) is 11.5. The summed E-state index contributed by atoms with van der Waals surface area (Å²) in [6, 6.07) is 17.5. The fraction of sp³-hybridized carbons (Fsp3) is 0.0588. The highest BCUT2D eigenvalue weighted by Gasteiger charge is 2.15. The summed E-state index contributed by atoms with van der Waals surface area (Å²) in [6.45, 7) is 1.88. The van der Waals surface area contributed by atoms with Crippen LogP contribution in [0, 0.1) is 6.92 Å². The van der Waals surface area contributed by atoms with Crippen molar-refractivity contribution in [1.82, 2.24) is 14.8 Å². The molecule has 0 aliphatic rings. The predicted molar refractivity (Wildman–Crippen MR) is 83.9 cm³/mol. The summed E-state index contributed by atoms with van der Waals surface area (Å²) in [5.74, 6) is 0. The molecule has 0 aliphatic carbocycles. The molecule has 4 nitrogen and oxygen atoms in total. The zero-order valence-electron chi connectivity index (χ0n) is 11.5. The van der Waals surface area contributed by atoms with Crippen molar-refractivity contribution >= 4 is 21.8 Å². The molecule has 1 N–H and O–H groups in total. The third kappa shape index (κ3) is 1.62. The maximum absolute atomic E-state index is 12.9. The number of nitrogens with zero attached hydrogens (tertiary/aromatic N) is 2. The molecule has 0 spiro atoms. The van der Waals surface area contributed by atoms with Crippen molar-refractivity contribution in [3.8, 4) is 5.69 Å². The second kappa shape index (κ2) is 4.31. The van der Waals surface area contributed by atoms with Crippen molar-refractivity contribution in [3.05, 3.63) is 70.6 Å². The number of hydrogen-bond donors (Lipinski definition) is 1. The number of fused-ring (bicyclic) bond motifs is 3. The minimum Gasteiger partial charge on any atom is -0.281 e. The maximum atomic E-state index is 12.9. The van der Waals surface area contributed by atoms with Crippen LogP contribution >= 0.6 is 0 Å². The quantitative estimate of drug-likeness (QED) is 0.580. The van der Waals surface area contributed by atoms with E-state index in [0.717, 1.165) is 27.8 Å². The molecular weight excluding hydrogens is 262 g/mol. The van der Waals surface area contributed by atoms with E-state index in [0.29, 0.717) is 5.39 Å². The number of rotatable bonds is 1. The Morgan fingerprint density at radius 3 is 2.52 bits per heavy atom. The molecule has 0 amide bonds. The lowest BCUT2D eigenvalue weighted by Crippen LogP contribution is -2.19. The Labute approximate surface area is 120 Å². The van der Waals surface area contributed by atoms with Gasteiger partial charge in [0.2, 0.25) is 0 Å². The number of hydrogen-bond acceptors (Lipinski definition) is 2. The molecule has 102 valence electrons. The Bertz CT molecular complexity index is 1010. The molecule has 4 rings (SSSR count). The SMILES string of the molecule is Cc1[nH]nc2c1c(=O)n(-c1ccccc1)c1ccccc21. The Morgan fingerprint density at radius 1 is 1.00 bits per heavy atom. The number of para-hydroxylation sites is 2. The van der Waals surface area contributed by atoms with Gasteiger partial charge in [-0.3, -0.25) is 14.5 Å². The average Bonchev–Trinajstić information content (AvgIpc) is 2.91. The lowest BCUT2D eigenvalue weighted by Gasteiger charge is -2.11. The van der Waals surface area contributed by atoms with Gasteiger partial charge in [-0.25, -0.2) is 0 Å². The number of H-pyrrole nitrogens is 1. The minimum atomic E-state index is -0.0406. The van der Waals surface area contributed by atoms with Gasteiger partial charge in [0.25, 0.3) is 5.56 Å². The van der Waals surface area contributed by atoms with E-state index < -0.39 is 0 Å². The van der Waals surface area contributed by atoms with Crippen molar-refractivity contribution < 1.29 is 0 Å². The molecule has 4 aromatic rings. The molecule has 0 bridgehead atoms. The highest BCUT2D eigenvalue weighted by atomic mass is 16.1. The van der Waals surface area contributed by atoms with E-state index in [2.05, 4.69) is 10.2 Å². The van der Waals surface area contributed by atoms with E-state index in [1.807, 2.05) is 61.5 Å². The van der Waals surface area contributed by atoms with Crippen LogP contribution in [0.2, 0.25) is 0 Å². The maximum Gasteiger partial charge on any atom is 0.266 e. The van der Waals surface area contributed by atoms with Gasteiger partial charge in [-0.1, -0.05) is 36.4 Å². The van der Waals surface area contributed by atoms with Gasteiger partial charge in [-0.2, -0.15) is 5.10 Å². The van der Waals surface area contributed by atoms with Gasteiger partial charge in [0.1, 0.15) is 5.52 Å². The second-order valence-corrected chi connectivity index (χ2v) is 5.07. The zero-order chi connectivity index (χ0) is 14.4. The van der Waals surface area contributed by atoms with Crippen molar-refractivity contribution in [3.63, 3.8) is 0 Å². The average molecular weight is 275 g/mol. The first-order chi connectivity index (χ1) is 10.3. The van der Waals surface area contributed by atoms with Gasteiger partial charge < -0.3 is 0 Å². The smallest absolute Gasteiger partial charge is 0.266 e. The number of aromatic nitrogens is 3. The minimum absolute atomic E-state index is 0.0406. The third-order valence-electron chi connectivity index (χ3n) is 3.78. The largest absolute Gasteiger partial charge is 0.281 e. The molecule has 0 saturated carbocycles. The summed E-state index contributed by atoms with van der Waals surface area (Å²) in [4.78, 5) is 12.9. The molecule has 0 radical (unpaired) electrons. The summed E-state index contributed by atoms with van der Waals surface area (Å²) >= 11 is 0. The van der Waals surface area contributed by atoms with Crippen molar-refractivity contribution in [2.45, 2.75) is 6.92 Å². The van der Waals surface area contributed by atoms with E-state index in [9.17, 15) is 4.79 Å². The van der Waals surface area contributed by atoms with Crippen LogP contribution in [0.5, 0.6) is 0 Å². The molecule has 0 aliphatic heterocycles. The normalized spacial score (nSPS) is 11.3. The molecule has 2 heterocycles. The molecule has 0 unspecified atom stereocenters. The van der Waals surface area contributed by atoms with E-state index in [-0.39, 0.29) is 5.56 Å². The highest BCUT2D eigenvalue weighted by molar-refractivity contribution is 6.04. The Balaban J connectivity index is 2.30. The van der Waals surface area contributed by atoms with Gasteiger partial charge in [-0.15, -0.1) is 0 Å². The van der Waals surface area contributed by atoms with Crippen LogP contribution in [0.1, 0.15) is 5.69 Å². The fourth-order valence-corrected chi connectivity index (χ4v) is 2.81. The van der Waals surface area contributed by atoms with Crippen LogP contribution in [-0.4, -0.2) is 14.8 Å². The molecule has 0 saturated heterocycles. The number of aromatic amines is 1. The van der Waals surface area contributed by atoms with Crippen LogP contribution in [0.15, 0.2) is 59.4 Å². The molecule has 21 heavy (non-hydrogen) atoms. The first kappa shape index (κ1) is 11.9. The molecule has 4 heteroatoms. The van der Waals surface area contributed by atoms with Crippen molar-refractivity contribution in [2.24, 2.45) is 0 Å². The molecule has 0 fully saturated rings. The summed E-state index contributed by atoms with van der Waals surface area (Å²) in [5, 5.41) is 8.85. The summed E-state index contributed by atoms with van der Waals surface area (Å²) < 4.78 is 1.75. The van der Waals surface area contributed by atoms with E-state index >= 15 is 0 Å². The van der Waals surface area contributed by atoms with Crippen molar-refractivity contribution in [1.29, 1.82) is 0 Å². The topological polar surface area (TPSA) is 50.7 Å². The van der Waals surface area contributed by atoms with Crippen LogP contribution in [0.3, 0.4) is 0 Å². The van der Waals surface area contributed by atoms with Crippen LogP contribution in [0.4, 0.5) is 0 Å². The van der Waals surface area contributed by atoms with Gasteiger partial charge in [0, 0.05) is 16.8 Å². The number of aryl methyl sites for hydroxylation is 1.